The monoisotopic (exact) mass is 512 g/mol. The zero-order chi connectivity index (χ0) is 23.2. The molecule has 30 heavy (non-hydrogen) atoms. The summed E-state index contributed by atoms with van der Waals surface area (Å²) in [5, 5.41) is 31.2. The van der Waals surface area contributed by atoms with Crippen molar-refractivity contribution in [3.05, 3.63) is 0 Å². The van der Waals surface area contributed by atoms with E-state index in [0.29, 0.717) is 6.42 Å². The number of hydrogen-bond donors (Lipinski definition) is 4. The molecule has 0 amide bonds. The second kappa shape index (κ2) is 43.2. The SMILES string of the molecule is CC(C)CCCCCCCCCCCCCCC(=O)O.CCO.CCO.CCO.[Zr]. The minimum absolute atomic E-state index is 0. The second-order valence-corrected chi connectivity index (χ2v) is 7.52. The van der Waals surface area contributed by atoms with E-state index in [9.17, 15) is 4.79 Å². The molecule has 5 nitrogen and oxygen atoms in total. The van der Waals surface area contributed by atoms with E-state index in [1.54, 1.807) is 20.8 Å². The van der Waals surface area contributed by atoms with Crippen molar-refractivity contribution < 1.29 is 51.4 Å². The fourth-order valence-corrected chi connectivity index (χ4v) is 2.60. The average molecular weight is 514 g/mol. The number of aliphatic hydroxyl groups excluding tert-OH is 3. The van der Waals surface area contributed by atoms with Crippen LogP contribution in [0.5, 0.6) is 0 Å². The standard InChI is InChI=1S/C18H36O2.3C2H6O.Zr/c1-17(2)15-13-11-9-7-5-3-4-6-8-10-12-14-16-18(19)20;3*1-2-3;/h17H,3-16H2,1-2H3,(H,19,20);3*3H,2H2,1H3;. The summed E-state index contributed by atoms with van der Waals surface area (Å²) in [4.78, 5) is 10.3. The molecular formula is C24H54O5Zr. The van der Waals surface area contributed by atoms with Gasteiger partial charge in [0.25, 0.3) is 0 Å². The summed E-state index contributed by atoms with van der Waals surface area (Å²) in [5.41, 5.74) is 0. The third kappa shape index (κ3) is 70.5. The summed E-state index contributed by atoms with van der Waals surface area (Å²) < 4.78 is 0. The molecule has 0 aliphatic rings. The summed E-state index contributed by atoms with van der Waals surface area (Å²) in [6.07, 6.45) is 17.3. The van der Waals surface area contributed by atoms with E-state index < -0.39 is 5.97 Å². The minimum Gasteiger partial charge on any atom is -0.481 e. The maximum atomic E-state index is 10.3. The summed E-state index contributed by atoms with van der Waals surface area (Å²) in [6.45, 7) is 10.4. The van der Waals surface area contributed by atoms with Gasteiger partial charge in [-0.1, -0.05) is 90.9 Å². The van der Waals surface area contributed by atoms with Gasteiger partial charge in [0.15, 0.2) is 0 Å². The first kappa shape index (κ1) is 40.6. The molecule has 0 radical (unpaired) electrons. The van der Waals surface area contributed by atoms with Gasteiger partial charge in [-0.3, -0.25) is 4.79 Å². The number of carboxylic acid groups (broad SMARTS) is 1. The van der Waals surface area contributed by atoms with Crippen molar-refractivity contribution in [3.8, 4) is 0 Å². The van der Waals surface area contributed by atoms with Gasteiger partial charge in [0.05, 0.1) is 0 Å². The van der Waals surface area contributed by atoms with E-state index in [0.717, 1.165) is 18.8 Å². The van der Waals surface area contributed by atoms with E-state index >= 15 is 0 Å². The predicted molar refractivity (Wildman–Crippen MR) is 125 cm³/mol. The van der Waals surface area contributed by atoms with Crippen LogP contribution in [0.15, 0.2) is 0 Å². The molecule has 4 N–H and O–H groups in total. The third-order valence-corrected chi connectivity index (χ3v) is 3.92. The largest absolute Gasteiger partial charge is 0.481 e. The van der Waals surface area contributed by atoms with Crippen molar-refractivity contribution >= 4 is 5.97 Å². The van der Waals surface area contributed by atoms with Crippen molar-refractivity contribution in [2.45, 2.75) is 125 Å². The fraction of sp³-hybridized carbons (Fsp3) is 0.958. The van der Waals surface area contributed by atoms with Crippen LogP contribution in [0.1, 0.15) is 125 Å². The molecule has 0 aromatic carbocycles. The molecular weight excluding hydrogens is 459 g/mol. The summed E-state index contributed by atoms with van der Waals surface area (Å²) >= 11 is 0. The van der Waals surface area contributed by atoms with Crippen molar-refractivity contribution in [1.29, 1.82) is 0 Å². The Bertz CT molecular complexity index is 259. The fourth-order valence-electron chi connectivity index (χ4n) is 2.60. The van der Waals surface area contributed by atoms with Crippen LogP contribution >= 0.6 is 0 Å². The maximum absolute atomic E-state index is 10.3. The molecule has 0 heterocycles. The van der Waals surface area contributed by atoms with Gasteiger partial charge in [0.2, 0.25) is 0 Å². The molecule has 0 atom stereocenters. The normalized spacial score (nSPS) is 9.23. The van der Waals surface area contributed by atoms with Crippen LogP contribution < -0.4 is 0 Å². The van der Waals surface area contributed by atoms with Gasteiger partial charge < -0.3 is 20.4 Å². The first-order valence-electron chi connectivity index (χ1n) is 11.9. The van der Waals surface area contributed by atoms with Crippen LogP contribution in [0.3, 0.4) is 0 Å². The molecule has 0 aliphatic heterocycles. The van der Waals surface area contributed by atoms with Gasteiger partial charge in [-0.05, 0) is 33.1 Å². The van der Waals surface area contributed by atoms with Gasteiger partial charge >= 0.3 is 5.97 Å². The summed E-state index contributed by atoms with van der Waals surface area (Å²) in [7, 11) is 0. The zero-order valence-corrected chi connectivity index (χ0v) is 23.3. The smallest absolute Gasteiger partial charge is 0.303 e. The minimum atomic E-state index is -0.654. The van der Waals surface area contributed by atoms with Gasteiger partial charge in [-0.15, -0.1) is 0 Å². The maximum Gasteiger partial charge on any atom is 0.303 e. The molecule has 0 unspecified atom stereocenters. The van der Waals surface area contributed by atoms with E-state index in [-0.39, 0.29) is 46.0 Å². The van der Waals surface area contributed by atoms with Gasteiger partial charge in [-0.25, -0.2) is 0 Å². The molecule has 0 aromatic heterocycles. The molecule has 184 valence electrons. The van der Waals surface area contributed by atoms with Crippen molar-refractivity contribution in [1.82, 2.24) is 0 Å². The first-order valence-corrected chi connectivity index (χ1v) is 11.9. The Kier molecular flexibility index (Phi) is 58.4. The number of aliphatic hydroxyl groups is 3. The Morgan fingerprint density at radius 1 is 0.600 bits per heavy atom. The third-order valence-electron chi connectivity index (χ3n) is 3.92. The molecule has 6 heteroatoms. The quantitative estimate of drug-likeness (QED) is 0.196. The van der Waals surface area contributed by atoms with Crippen molar-refractivity contribution in [2.75, 3.05) is 19.8 Å². The molecule has 0 aliphatic carbocycles. The van der Waals surface area contributed by atoms with Crippen LogP contribution in [0.4, 0.5) is 0 Å². The number of rotatable bonds is 15. The topological polar surface area (TPSA) is 98.0 Å². The Morgan fingerprint density at radius 3 is 1.07 bits per heavy atom. The molecule has 0 fully saturated rings. The zero-order valence-electron chi connectivity index (χ0n) is 20.8. The Balaban J connectivity index is -0.000000177. The van der Waals surface area contributed by atoms with Crippen LogP contribution in [-0.2, 0) is 31.0 Å². The summed E-state index contributed by atoms with van der Waals surface area (Å²) in [6, 6.07) is 0. The van der Waals surface area contributed by atoms with E-state index in [4.69, 9.17) is 20.4 Å². The Morgan fingerprint density at radius 2 is 0.833 bits per heavy atom. The van der Waals surface area contributed by atoms with Crippen molar-refractivity contribution in [2.24, 2.45) is 5.92 Å². The number of carboxylic acids is 1. The van der Waals surface area contributed by atoms with Crippen LogP contribution in [-0.4, -0.2) is 46.2 Å². The summed E-state index contributed by atoms with van der Waals surface area (Å²) in [5.74, 6) is 0.212. The van der Waals surface area contributed by atoms with Crippen molar-refractivity contribution in [3.63, 3.8) is 0 Å². The number of hydrogen-bond acceptors (Lipinski definition) is 4. The van der Waals surface area contributed by atoms with Crippen LogP contribution in [0.25, 0.3) is 0 Å². The second-order valence-electron chi connectivity index (χ2n) is 7.52. The Labute approximate surface area is 207 Å². The predicted octanol–water partition coefficient (Wildman–Crippen LogP) is 6.18. The first-order chi connectivity index (χ1) is 13.9. The van der Waals surface area contributed by atoms with Crippen LogP contribution in [0, 0.1) is 5.92 Å². The van der Waals surface area contributed by atoms with Gasteiger partial charge in [0, 0.05) is 52.4 Å². The molecule has 0 rings (SSSR count). The van der Waals surface area contributed by atoms with Crippen LogP contribution in [0.2, 0.25) is 0 Å². The number of unbranched alkanes of at least 4 members (excludes halogenated alkanes) is 11. The Hall–Kier alpha value is 0.233. The molecule has 0 saturated carbocycles. The van der Waals surface area contributed by atoms with E-state index in [1.165, 1.54) is 70.6 Å². The number of carbonyl (C=O) groups is 1. The molecule has 0 spiro atoms. The van der Waals surface area contributed by atoms with Gasteiger partial charge in [-0.2, -0.15) is 0 Å². The van der Waals surface area contributed by atoms with E-state index in [1.807, 2.05) is 0 Å². The average Bonchev–Trinajstić information content (AvgIpc) is 2.63. The number of aliphatic carboxylic acids is 1. The molecule has 0 aromatic rings. The molecule has 0 bridgehead atoms. The van der Waals surface area contributed by atoms with Gasteiger partial charge in [0.1, 0.15) is 0 Å². The molecule has 0 saturated heterocycles. The van der Waals surface area contributed by atoms with E-state index in [2.05, 4.69) is 13.8 Å².